The Balaban J connectivity index is 1.52. The molecular weight excluding hydrogens is 715 g/mol. The lowest BCUT2D eigenvalue weighted by Crippen LogP contribution is -2.36. The van der Waals surface area contributed by atoms with Crippen molar-refractivity contribution in [2.24, 2.45) is 30.7 Å². The average molecular weight is 748 g/mol. The van der Waals surface area contributed by atoms with Crippen molar-refractivity contribution < 1.29 is 14.4 Å². The summed E-state index contributed by atoms with van der Waals surface area (Å²) >= 11 is 0. The zero-order chi connectivity index (χ0) is 39.2. The van der Waals surface area contributed by atoms with Crippen LogP contribution in [0.3, 0.4) is 0 Å². The highest BCUT2D eigenvalue weighted by atomic mass is 16.2. The third-order valence-corrected chi connectivity index (χ3v) is 8.25. The van der Waals surface area contributed by atoms with E-state index in [1.807, 2.05) is 36.4 Å². The van der Waals surface area contributed by atoms with Gasteiger partial charge in [-0.15, -0.1) is 30.7 Å². The first-order chi connectivity index (χ1) is 28.0. The predicted molar refractivity (Wildman–Crippen MR) is 219 cm³/mol. The van der Waals surface area contributed by atoms with Gasteiger partial charge in [-0.2, -0.15) is 0 Å². The van der Waals surface area contributed by atoms with Crippen LogP contribution in [0.25, 0.3) is 0 Å². The van der Waals surface area contributed by atoms with E-state index in [9.17, 15) is 0 Å². The van der Waals surface area contributed by atoms with Crippen molar-refractivity contribution in [2.45, 2.75) is 0 Å². The molecule has 1 aliphatic carbocycles. The summed E-state index contributed by atoms with van der Waals surface area (Å²) in [4.78, 5) is 45.0. The van der Waals surface area contributed by atoms with Gasteiger partial charge in [-0.25, -0.2) is 0 Å². The highest BCUT2D eigenvalue weighted by molar-refractivity contribution is 6.52. The van der Waals surface area contributed by atoms with Crippen molar-refractivity contribution in [3.63, 3.8) is 0 Å². The molecule has 0 saturated heterocycles. The molecule has 0 aromatic heterocycles. The van der Waals surface area contributed by atoms with Crippen LogP contribution < -0.4 is 16.0 Å². The van der Waals surface area contributed by atoms with Gasteiger partial charge in [-0.3, -0.25) is 14.4 Å². The fourth-order valence-corrected chi connectivity index (χ4v) is 5.52. The van der Waals surface area contributed by atoms with Gasteiger partial charge in [-0.05, 0) is 72.8 Å². The molecule has 0 atom stereocenters. The molecule has 3 N–H and O–H groups in total. The van der Waals surface area contributed by atoms with Crippen LogP contribution in [0.1, 0.15) is 0 Å². The standard InChI is InChI=1S/C45H33N9O3/c55-40-37(43(46-31-19-7-1-8-20-31)52-49-34-25-13-4-14-26-34)41(56)39(45(48-33-23-11-3-12-24-33)54-51-36-29-17-6-18-30-36)42(57)38(40)44(47-32-21-9-2-10-22-32)53-50-35-27-15-5-16-28-35/h1-30,46-48H/b43-37?,44-38?,45-39?,52-49+,53-50+,54-51+. The minimum Gasteiger partial charge on any atom is -0.338 e. The number of anilines is 3. The number of ketones is 3. The topological polar surface area (TPSA) is 161 Å². The Morgan fingerprint density at radius 3 is 0.737 bits per heavy atom. The van der Waals surface area contributed by atoms with Gasteiger partial charge in [0.25, 0.3) is 0 Å². The zero-order valence-electron chi connectivity index (χ0n) is 30.2. The monoisotopic (exact) mass is 747 g/mol. The third-order valence-electron chi connectivity index (χ3n) is 8.25. The molecule has 57 heavy (non-hydrogen) atoms. The average Bonchev–Trinajstić information content (AvgIpc) is 3.26. The summed E-state index contributed by atoms with van der Waals surface area (Å²) in [6.07, 6.45) is 0. The van der Waals surface area contributed by atoms with Gasteiger partial charge in [0.1, 0.15) is 16.7 Å². The Morgan fingerprint density at radius 2 is 0.509 bits per heavy atom. The van der Waals surface area contributed by atoms with Crippen molar-refractivity contribution in [1.82, 2.24) is 0 Å². The first kappa shape index (κ1) is 37.1. The smallest absolute Gasteiger partial charge is 0.208 e. The Bertz CT molecular complexity index is 2240. The van der Waals surface area contributed by atoms with Crippen LogP contribution in [0.5, 0.6) is 0 Å². The summed E-state index contributed by atoms with van der Waals surface area (Å²) in [5.41, 5.74) is 1.38. The van der Waals surface area contributed by atoms with Crippen LogP contribution >= 0.6 is 0 Å². The van der Waals surface area contributed by atoms with Crippen LogP contribution in [0.15, 0.2) is 247 Å². The number of carbonyl (C=O) groups is 3. The van der Waals surface area contributed by atoms with E-state index in [-0.39, 0.29) is 17.5 Å². The maximum atomic E-state index is 15.0. The molecule has 1 fully saturated rings. The first-order valence-corrected chi connectivity index (χ1v) is 17.8. The van der Waals surface area contributed by atoms with Crippen LogP contribution in [-0.4, -0.2) is 17.3 Å². The second-order valence-corrected chi connectivity index (χ2v) is 12.2. The Kier molecular flexibility index (Phi) is 11.8. The van der Waals surface area contributed by atoms with E-state index in [4.69, 9.17) is 0 Å². The van der Waals surface area contributed by atoms with Crippen molar-refractivity contribution in [2.75, 3.05) is 16.0 Å². The van der Waals surface area contributed by atoms with Gasteiger partial charge in [0.2, 0.25) is 17.3 Å². The Morgan fingerprint density at radius 1 is 0.298 bits per heavy atom. The van der Waals surface area contributed by atoms with Gasteiger partial charge in [0, 0.05) is 17.1 Å². The lowest BCUT2D eigenvalue weighted by atomic mass is 9.82. The van der Waals surface area contributed by atoms with E-state index in [0.29, 0.717) is 34.1 Å². The Labute approximate surface area is 327 Å². The van der Waals surface area contributed by atoms with E-state index < -0.39 is 34.1 Å². The second-order valence-electron chi connectivity index (χ2n) is 12.2. The summed E-state index contributed by atoms with van der Waals surface area (Å²) in [6.45, 7) is 0. The number of azo groups is 3. The highest BCUT2D eigenvalue weighted by Crippen LogP contribution is 2.34. The lowest BCUT2D eigenvalue weighted by Gasteiger charge is -2.22. The maximum absolute atomic E-state index is 15.0. The van der Waals surface area contributed by atoms with Gasteiger partial charge in [-0.1, -0.05) is 109 Å². The van der Waals surface area contributed by atoms with E-state index >= 15 is 14.4 Å². The molecule has 0 unspecified atom stereocenters. The van der Waals surface area contributed by atoms with Crippen molar-refractivity contribution in [3.05, 3.63) is 216 Å². The van der Waals surface area contributed by atoms with Gasteiger partial charge in [0.05, 0.1) is 17.1 Å². The molecule has 276 valence electrons. The minimum atomic E-state index is -0.969. The molecule has 12 nitrogen and oxygen atoms in total. The number of allylic oxidation sites excluding steroid dienone is 3. The first-order valence-electron chi connectivity index (χ1n) is 17.8. The second kappa shape index (κ2) is 18.2. The molecule has 0 spiro atoms. The van der Waals surface area contributed by atoms with E-state index in [1.165, 1.54) is 0 Å². The number of nitrogens with zero attached hydrogens (tertiary/aromatic N) is 6. The fourth-order valence-electron chi connectivity index (χ4n) is 5.52. The fraction of sp³-hybridized carbons (Fsp3) is 0. The summed E-state index contributed by atoms with van der Waals surface area (Å²) in [7, 11) is 0. The Hall–Kier alpha value is -8.25. The largest absolute Gasteiger partial charge is 0.338 e. The van der Waals surface area contributed by atoms with Crippen molar-refractivity contribution in [1.29, 1.82) is 0 Å². The van der Waals surface area contributed by atoms with E-state index in [0.717, 1.165) is 0 Å². The molecule has 7 rings (SSSR count). The maximum Gasteiger partial charge on any atom is 0.208 e. The number of rotatable bonds is 12. The summed E-state index contributed by atoms with van der Waals surface area (Å²) in [6, 6.07) is 53.0. The van der Waals surface area contributed by atoms with Crippen molar-refractivity contribution >= 4 is 51.5 Å². The van der Waals surface area contributed by atoms with Crippen LogP contribution in [-0.2, 0) is 14.4 Å². The number of carbonyl (C=O) groups excluding carboxylic acids is 3. The third kappa shape index (κ3) is 9.47. The van der Waals surface area contributed by atoms with Crippen LogP contribution in [0.4, 0.5) is 34.1 Å². The van der Waals surface area contributed by atoms with Crippen LogP contribution in [0, 0.1) is 0 Å². The molecule has 6 aromatic carbocycles. The number of hydrogen-bond donors (Lipinski definition) is 3. The molecule has 12 heteroatoms. The molecule has 6 aromatic rings. The summed E-state index contributed by atoms with van der Waals surface area (Å²) in [5, 5.41) is 35.7. The molecular formula is C45H33N9O3. The molecule has 0 amide bonds. The zero-order valence-corrected chi connectivity index (χ0v) is 30.2. The molecule has 0 aliphatic heterocycles. The van der Waals surface area contributed by atoms with Crippen molar-refractivity contribution in [3.8, 4) is 0 Å². The quantitative estimate of drug-likeness (QED) is 0.0641. The number of para-hydroxylation sites is 3. The number of hydrogen-bond acceptors (Lipinski definition) is 12. The number of benzene rings is 6. The van der Waals surface area contributed by atoms with E-state index in [1.54, 1.807) is 146 Å². The number of Topliss-reactive ketones (excluding diaryl/α,β-unsaturated/α-hetero) is 3. The van der Waals surface area contributed by atoms with Crippen LogP contribution in [0.2, 0.25) is 0 Å². The molecule has 1 saturated carbocycles. The summed E-state index contributed by atoms with van der Waals surface area (Å²) < 4.78 is 0. The van der Waals surface area contributed by atoms with Gasteiger partial charge in [0.15, 0.2) is 17.5 Å². The van der Waals surface area contributed by atoms with Gasteiger partial charge >= 0.3 is 0 Å². The van der Waals surface area contributed by atoms with Gasteiger partial charge < -0.3 is 16.0 Å². The summed E-state index contributed by atoms with van der Waals surface area (Å²) in [5.74, 6) is -3.57. The molecule has 0 bridgehead atoms. The van der Waals surface area contributed by atoms with E-state index in [2.05, 4.69) is 46.6 Å². The SMILES string of the molecule is O=C1C(=C(/N=N/c2ccccc2)Nc2ccccc2)C(=O)C(=C(/N=N/c2ccccc2)Nc2ccccc2)C(=O)C1=C(/N=N/c1ccccc1)Nc1ccccc1. The normalized spacial score (nSPS) is 13.1. The molecule has 1 aliphatic rings. The predicted octanol–water partition coefficient (Wildman–Crippen LogP) is 11.0. The molecule has 0 heterocycles. The minimum absolute atomic E-state index is 0.222. The lowest BCUT2D eigenvalue weighted by molar-refractivity contribution is -0.124. The number of nitrogens with one attached hydrogen (secondary N) is 3. The molecule has 0 radical (unpaired) electrons. The highest BCUT2D eigenvalue weighted by Gasteiger charge is 2.45.